The molecule has 0 aromatic carbocycles. The quantitative estimate of drug-likeness (QED) is 0.562. The molecule has 2 unspecified atom stereocenters. The Morgan fingerprint density at radius 3 is 2.85 bits per heavy atom. The van der Waals surface area contributed by atoms with E-state index in [-0.39, 0.29) is 30.5 Å². The van der Waals surface area contributed by atoms with Crippen molar-refractivity contribution in [3.05, 3.63) is 0 Å². The highest BCUT2D eigenvalue weighted by Crippen LogP contribution is 2.24. The molecule has 1 fully saturated rings. The van der Waals surface area contributed by atoms with Gasteiger partial charge in [0.1, 0.15) is 0 Å². The summed E-state index contributed by atoms with van der Waals surface area (Å²) in [6.45, 7) is 1.78. The molecular formula is C9H18N2O2. The zero-order chi connectivity index (χ0) is 9.84. The standard InChI is InChI=1S/C9H18N2O2/c1-6(5-12)11-9(13)7-2-3-8(10)4-7/h6-8,12H,2-5,10H2,1H3,(H,11,13)/t6-,7?,8?/m1/s1. The molecular weight excluding hydrogens is 168 g/mol. The fraction of sp³-hybridized carbons (Fsp3) is 0.889. The number of nitrogens with two attached hydrogens (primary N) is 1. The van der Waals surface area contributed by atoms with Gasteiger partial charge in [0.15, 0.2) is 0 Å². The highest BCUT2D eigenvalue weighted by Gasteiger charge is 2.27. The van der Waals surface area contributed by atoms with E-state index in [1.807, 2.05) is 0 Å². The van der Waals surface area contributed by atoms with Crippen molar-refractivity contribution in [1.82, 2.24) is 5.32 Å². The number of carbonyl (C=O) groups is 1. The molecule has 1 aliphatic rings. The van der Waals surface area contributed by atoms with Gasteiger partial charge in [0.05, 0.1) is 6.61 Å². The van der Waals surface area contributed by atoms with Crippen LogP contribution >= 0.6 is 0 Å². The van der Waals surface area contributed by atoms with Gasteiger partial charge in [0.25, 0.3) is 0 Å². The van der Waals surface area contributed by atoms with Crippen LogP contribution in [0.4, 0.5) is 0 Å². The molecule has 76 valence electrons. The predicted molar refractivity (Wildman–Crippen MR) is 50.0 cm³/mol. The second kappa shape index (κ2) is 4.58. The van der Waals surface area contributed by atoms with Crippen molar-refractivity contribution in [3.8, 4) is 0 Å². The minimum absolute atomic E-state index is 0.00941. The molecule has 0 aromatic heterocycles. The van der Waals surface area contributed by atoms with Crippen LogP contribution in [0.5, 0.6) is 0 Å². The Hall–Kier alpha value is -0.610. The number of rotatable bonds is 3. The van der Waals surface area contributed by atoms with Crippen LogP contribution in [0.3, 0.4) is 0 Å². The lowest BCUT2D eigenvalue weighted by Crippen LogP contribution is -2.38. The normalized spacial score (nSPS) is 30.1. The predicted octanol–water partition coefficient (Wildman–Crippen LogP) is -0.389. The van der Waals surface area contributed by atoms with Gasteiger partial charge in [-0.25, -0.2) is 0 Å². The van der Waals surface area contributed by atoms with Gasteiger partial charge in [0, 0.05) is 18.0 Å². The molecule has 0 heterocycles. The first-order valence-electron chi connectivity index (χ1n) is 4.80. The van der Waals surface area contributed by atoms with Crippen molar-refractivity contribution in [2.45, 2.75) is 38.3 Å². The Morgan fingerprint density at radius 2 is 2.38 bits per heavy atom. The number of aliphatic hydroxyl groups is 1. The maximum Gasteiger partial charge on any atom is 0.223 e. The minimum Gasteiger partial charge on any atom is -0.394 e. The number of carbonyl (C=O) groups excluding carboxylic acids is 1. The highest BCUT2D eigenvalue weighted by atomic mass is 16.3. The van der Waals surface area contributed by atoms with Crippen LogP contribution in [0.1, 0.15) is 26.2 Å². The molecule has 0 bridgehead atoms. The molecule has 3 atom stereocenters. The van der Waals surface area contributed by atoms with Crippen LogP contribution < -0.4 is 11.1 Å². The Kier molecular flexibility index (Phi) is 3.69. The summed E-state index contributed by atoms with van der Waals surface area (Å²) in [5.41, 5.74) is 5.70. The maximum absolute atomic E-state index is 11.5. The van der Waals surface area contributed by atoms with Crippen molar-refractivity contribution in [2.75, 3.05) is 6.61 Å². The average molecular weight is 186 g/mol. The second-order valence-corrected chi connectivity index (χ2v) is 3.86. The van der Waals surface area contributed by atoms with E-state index >= 15 is 0 Å². The van der Waals surface area contributed by atoms with Gasteiger partial charge in [-0.2, -0.15) is 0 Å². The molecule has 0 aliphatic heterocycles. The van der Waals surface area contributed by atoms with E-state index in [4.69, 9.17) is 10.8 Å². The lowest BCUT2D eigenvalue weighted by molar-refractivity contribution is -0.125. The second-order valence-electron chi connectivity index (χ2n) is 3.86. The van der Waals surface area contributed by atoms with Crippen molar-refractivity contribution < 1.29 is 9.90 Å². The smallest absolute Gasteiger partial charge is 0.223 e. The topological polar surface area (TPSA) is 75.3 Å². The summed E-state index contributed by atoms with van der Waals surface area (Å²) in [4.78, 5) is 11.5. The Labute approximate surface area is 78.5 Å². The molecule has 0 radical (unpaired) electrons. The molecule has 0 aromatic rings. The third kappa shape index (κ3) is 2.97. The van der Waals surface area contributed by atoms with E-state index in [0.717, 1.165) is 19.3 Å². The Morgan fingerprint density at radius 1 is 1.69 bits per heavy atom. The van der Waals surface area contributed by atoms with Crippen molar-refractivity contribution in [1.29, 1.82) is 0 Å². The van der Waals surface area contributed by atoms with E-state index in [9.17, 15) is 4.79 Å². The molecule has 4 heteroatoms. The zero-order valence-corrected chi connectivity index (χ0v) is 7.99. The monoisotopic (exact) mass is 186 g/mol. The number of hydrogen-bond donors (Lipinski definition) is 3. The Bertz CT molecular complexity index is 184. The summed E-state index contributed by atoms with van der Waals surface area (Å²) in [7, 11) is 0. The van der Waals surface area contributed by atoms with E-state index < -0.39 is 0 Å². The number of nitrogens with one attached hydrogen (secondary N) is 1. The number of hydrogen-bond acceptors (Lipinski definition) is 3. The molecule has 1 aliphatic carbocycles. The fourth-order valence-corrected chi connectivity index (χ4v) is 1.66. The van der Waals surface area contributed by atoms with Gasteiger partial charge in [0.2, 0.25) is 5.91 Å². The van der Waals surface area contributed by atoms with E-state index in [0.29, 0.717) is 0 Å². The Balaban J connectivity index is 2.31. The van der Waals surface area contributed by atoms with Crippen LogP contribution in [0, 0.1) is 5.92 Å². The van der Waals surface area contributed by atoms with Crippen LogP contribution in [-0.4, -0.2) is 29.7 Å². The summed E-state index contributed by atoms with van der Waals surface area (Å²) in [5.74, 6) is 0.0958. The first-order chi connectivity index (χ1) is 6.13. The molecule has 0 spiro atoms. The van der Waals surface area contributed by atoms with Gasteiger partial charge in [-0.05, 0) is 26.2 Å². The van der Waals surface area contributed by atoms with Crippen molar-refractivity contribution in [2.24, 2.45) is 11.7 Å². The van der Waals surface area contributed by atoms with Crippen molar-refractivity contribution >= 4 is 5.91 Å². The fourth-order valence-electron chi connectivity index (χ4n) is 1.66. The summed E-state index contributed by atoms with van der Waals surface area (Å²) >= 11 is 0. The molecule has 1 saturated carbocycles. The largest absolute Gasteiger partial charge is 0.394 e. The van der Waals surface area contributed by atoms with E-state index in [1.54, 1.807) is 6.92 Å². The van der Waals surface area contributed by atoms with Gasteiger partial charge >= 0.3 is 0 Å². The van der Waals surface area contributed by atoms with Crippen molar-refractivity contribution in [3.63, 3.8) is 0 Å². The lowest BCUT2D eigenvalue weighted by Gasteiger charge is -2.14. The molecule has 4 N–H and O–H groups in total. The van der Waals surface area contributed by atoms with Gasteiger partial charge < -0.3 is 16.2 Å². The first kappa shape index (κ1) is 10.5. The van der Waals surface area contributed by atoms with Crippen LogP contribution in [-0.2, 0) is 4.79 Å². The first-order valence-corrected chi connectivity index (χ1v) is 4.80. The zero-order valence-electron chi connectivity index (χ0n) is 7.99. The number of amides is 1. The van der Waals surface area contributed by atoms with E-state index in [1.165, 1.54) is 0 Å². The minimum atomic E-state index is -0.149. The SMILES string of the molecule is C[C@H](CO)NC(=O)C1CCC(N)C1. The molecule has 0 saturated heterocycles. The summed E-state index contributed by atoms with van der Waals surface area (Å²) in [5, 5.41) is 11.5. The van der Waals surface area contributed by atoms with E-state index in [2.05, 4.69) is 5.32 Å². The third-order valence-corrected chi connectivity index (χ3v) is 2.51. The molecule has 1 amide bonds. The maximum atomic E-state index is 11.5. The average Bonchev–Trinajstić information content (AvgIpc) is 2.51. The van der Waals surface area contributed by atoms with Gasteiger partial charge in [-0.1, -0.05) is 0 Å². The summed E-state index contributed by atoms with van der Waals surface area (Å²) < 4.78 is 0. The van der Waals surface area contributed by atoms with Crippen LogP contribution in [0.2, 0.25) is 0 Å². The summed E-state index contributed by atoms with van der Waals surface area (Å²) in [6.07, 6.45) is 2.60. The highest BCUT2D eigenvalue weighted by molar-refractivity contribution is 5.79. The van der Waals surface area contributed by atoms with Crippen LogP contribution in [0.25, 0.3) is 0 Å². The third-order valence-electron chi connectivity index (χ3n) is 2.51. The molecule has 4 nitrogen and oxygen atoms in total. The lowest BCUT2D eigenvalue weighted by atomic mass is 10.1. The van der Waals surface area contributed by atoms with Gasteiger partial charge in [-0.3, -0.25) is 4.79 Å². The molecule has 1 rings (SSSR count). The van der Waals surface area contributed by atoms with Gasteiger partial charge in [-0.15, -0.1) is 0 Å². The van der Waals surface area contributed by atoms with Crippen LogP contribution in [0.15, 0.2) is 0 Å². The number of aliphatic hydroxyl groups excluding tert-OH is 1. The summed E-state index contributed by atoms with van der Waals surface area (Å²) in [6, 6.07) is 0.0320. The molecule has 13 heavy (non-hydrogen) atoms.